The molecule has 2 N–H and O–H groups in total. The maximum atomic E-state index is 12.4. The molecule has 22 heavy (non-hydrogen) atoms. The molecule has 2 aromatic heterocycles. The summed E-state index contributed by atoms with van der Waals surface area (Å²) in [5.41, 5.74) is 3.42. The molecule has 0 fully saturated rings. The first-order valence-electron chi connectivity index (χ1n) is 7.30. The Morgan fingerprint density at radius 3 is 2.68 bits per heavy atom. The zero-order chi connectivity index (χ0) is 16.4. The summed E-state index contributed by atoms with van der Waals surface area (Å²) in [7, 11) is 1.79. The molecule has 0 unspecified atom stereocenters. The third kappa shape index (κ3) is 3.27. The third-order valence-corrected chi connectivity index (χ3v) is 3.57. The molecule has 6 nitrogen and oxygen atoms in total. The summed E-state index contributed by atoms with van der Waals surface area (Å²) >= 11 is 0. The second kappa shape index (κ2) is 6.17. The topological polar surface area (TPSA) is 79.8 Å². The Labute approximate surface area is 129 Å². The fourth-order valence-corrected chi connectivity index (χ4v) is 2.47. The number of aromatic nitrogens is 3. The van der Waals surface area contributed by atoms with Gasteiger partial charge in [-0.2, -0.15) is 5.10 Å². The van der Waals surface area contributed by atoms with Gasteiger partial charge in [-0.15, -0.1) is 0 Å². The van der Waals surface area contributed by atoms with E-state index < -0.39 is 0 Å². The van der Waals surface area contributed by atoms with Crippen LogP contribution < -0.4 is 10.9 Å². The first kappa shape index (κ1) is 16.0. The molecule has 118 valence electrons. The number of pyridine rings is 1. The Hall–Kier alpha value is -2.37. The second-order valence-electron chi connectivity index (χ2n) is 5.88. The number of nitrogens with one attached hydrogen (secondary N) is 2. The zero-order valence-corrected chi connectivity index (χ0v) is 13.7. The van der Waals surface area contributed by atoms with Crippen LogP contribution in [0.3, 0.4) is 0 Å². The van der Waals surface area contributed by atoms with Crippen molar-refractivity contribution in [3.8, 4) is 0 Å². The number of amides is 1. The highest BCUT2D eigenvalue weighted by Gasteiger charge is 2.18. The summed E-state index contributed by atoms with van der Waals surface area (Å²) in [4.78, 5) is 27.1. The molecular formula is C16H22N4O2. The summed E-state index contributed by atoms with van der Waals surface area (Å²) in [6.07, 6.45) is 1.71. The van der Waals surface area contributed by atoms with Gasteiger partial charge in [-0.25, -0.2) is 0 Å². The average molecular weight is 302 g/mol. The number of aromatic amines is 1. The summed E-state index contributed by atoms with van der Waals surface area (Å²) in [5.74, 6) is -0.0531. The molecule has 0 aliphatic carbocycles. The largest absolute Gasteiger partial charge is 0.348 e. The van der Waals surface area contributed by atoms with Crippen LogP contribution >= 0.6 is 0 Å². The number of rotatable bonds is 4. The number of carbonyl (C=O) groups is 1. The van der Waals surface area contributed by atoms with Crippen molar-refractivity contribution in [2.24, 2.45) is 7.05 Å². The van der Waals surface area contributed by atoms with Crippen LogP contribution in [0, 0.1) is 13.8 Å². The quantitative estimate of drug-likeness (QED) is 0.903. The monoisotopic (exact) mass is 302 g/mol. The number of carbonyl (C=O) groups excluding carboxylic acids is 1. The fraction of sp³-hybridized carbons (Fsp3) is 0.438. The Bertz CT molecular complexity index is 756. The Morgan fingerprint density at radius 2 is 2.09 bits per heavy atom. The van der Waals surface area contributed by atoms with E-state index in [1.54, 1.807) is 17.9 Å². The normalized spacial score (nSPS) is 11.0. The summed E-state index contributed by atoms with van der Waals surface area (Å²) in [6.45, 7) is 7.89. The van der Waals surface area contributed by atoms with Crippen LogP contribution in [0.5, 0.6) is 0 Å². The second-order valence-corrected chi connectivity index (χ2v) is 5.88. The predicted octanol–water partition coefficient (Wildman–Crippen LogP) is 1.78. The van der Waals surface area contributed by atoms with E-state index in [-0.39, 0.29) is 23.9 Å². The van der Waals surface area contributed by atoms with Crippen LogP contribution in [0.25, 0.3) is 0 Å². The molecule has 2 heterocycles. The highest BCUT2D eigenvalue weighted by molar-refractivity contribution is 5.95. The number of nitrogens with zero attached hydrogens (tertiary/aromatic N) is 2. The average Bonchev–Trinajstić information content (AvgIpc) is 2.79. The van der Waals surface area contributed by atoms with E-state index in [2.05, 4.69) is 15.4 Å². The first-order chi connectivity index (χ1) is 10.3. The van der Waals surface area contributed by atoms with Gasteiger partial charge in [0.25, 0.3) is 11.5 Å². The molecule has 0 saturated heterocycles. The van der Waals surface area contributed by atoms with Gasteiger partial charge >= 0.3 is 0 Å². The van der Waals surface area contributed by atoms with Gasteiger partial charge < -0.3 is 10.3 Å². The fourth-order valence-electron chi connectivity index (χ4n) is 2.47. The molecule has 0 saturated carbocycles. The molecule has 0 aromatic carbocycles. The van der Waals surface area contributed by atoms with Crippen molar-refractivity contribution in [3.63, 3.8) is 0 Å². The lowest BCUT2D eigenvalue weighted by Crippen LogP contribution is -2.28. The van der Waals surface area contributed by atoms with Gasteiger partial charge in [0.15, 0.2) is 0 Å². The van der Waals surface area contributed by atoms with Gasteiger partial charge in [0.2, 0.25) is 0 Å². The molecule has 2 rings (SSSR count). The first-order valence-corrected chi connectivity index (χ1v) is 7.30. The Balaban J connectivity index is 2.19. The highest BCUT2D eigenvalue weighted by Crippen LogP contribution is 2.17. The molecule has 2 aromatic rings. The van der Waals surface area contributed by atoms with E-state index in [0.29, 0.717) is 11.1 Å². The van der Waals surface area contributed by atoms with Crippen LogP contribution in [0.15, 0.2) is 17.1 Å². The van der Waals surface area contributed by atoms with Crippen molar-refractivity contribution >= 4 is 5.91 Å². The molecular weight excluding hydrogens is 280 g/mol. The van der Waals surface area contributed by atoms with Crippen molar-refractivity contribution in [2.45, 2.75) is 40.2 Å². The van der Waals surface area contributed by atoms with Gasteiger partial charge in [-0.1, -0.05) is 13.8 Å². The molecule has 0 aliphatic rings. The van der Waals surface area contributed by atoms with Crippen molar-refractivity contribution in [3.05, 3.63) is 50.7 Å². The van der Waals surface area contributed by atoms with Gasteiger partial charge in [-0.05, 0) is 31.4 Å². The maximum Gasteiger partial charge on any atom is 0.255 e. The van der Waals surface area contributed by atoms with Crippen LogP contribution in [-0.4, -0.2) is 20.7 Å². The van der Waals surface area contributed by atoms with Crippen LogP contribution in [0.2, 0.25) is 0 Å². The van der Waals surface area contributed by atoms with E-state index >= 15 is 0 Å². The molecule has 0 radical (unpaired) electrons. The summed E-state index contributed by atoms with van der Waals surface area (Å²) in [6, 6.07) is 1.90. The minimum absolute atomic E-state index is 0.159. The predicted molar refractivity (Wildman–Crippen MR) is 85.0 cm³/mol. The van der Waals surface area contributed by atoms with Crippen molar-refractivity contribution < 1.29 is 4.79 Å². The Kier molecular flexibility index (Phi) is 4.49. The Morgan fingerprint density at radius 1 is 1.41 bits per heavy atom. The van der Waals surface area contributed by atoms with Gasteiger partial charge in [0.1, 0.15) is 0 Å². The summed E-state index contributed by atoms with van der Waals surface area (Å²) < 4.78 is 1.63. The number of hydrogen-bond donors (Lipinski definition) is 2. The number of H-pyrrole nitrogens is 1. The molecule has 0 bridgehead atoms. The van der Waals surface area contributed by atoms with E-state index in [1.165, 1.54) is 0 Å². The molecule has 1 amide bonds. The van der Waals surface area contributed by atoms with Crippen molar-refractivity contribution in [1.82, 2.24) is 20.1 Å². The zero-order valence-electron chi connectivity index (χ0n) is 13.7. The van der Waals surface area contributed by atoms with E-state index in [4.69, 9.17) is 0 Å². The summed E-state index contributed by atoms with van der Waals surface area (Å²) in [5, 5.41) is 7.13. The molecule has 0 atom stereocenters. The third-order valence-electron chi connectivity index (χ3n) is 3.57. The minimum atomic E-state index is -0.212. The number of hydrogen-bond acceptors (Lipinski definition) is 3. The maximum absolute atomic E-state index is 12.4. The highest BCUT2D eigenvalue weighted by atomic mass is 16.2. The van der Waals surface area contributed by atoms with Crippen LogP contribution in [0.1, 0.15) is 52.6 Å². The van der Waals surface area contributed by atoms with Crippen molar-refractivity contribution in [1.29, 1.82) is 0 Å². The van der Waals surface area contributed by atoms with Gasteiger partial charge in [0, 0.05) is 31.0 Å². The standard InChI is InChI=1S/C16H22N4O2/c1-9(2)14-13(8-20(5)19-14)15(21)17-7-12-10(3)6-11(4)18-16(12)22/h6,8-9H,7H2,1-5H3,(H,17,21)(H,18,22). The van der Waals surface area contributed by atoms with Crippen LogP contribution in [-0.2, 0) is 13.6 Å². The van der Waals surface area contributed by atoms with Gasteiger partial charge in [-0.3, -0.25) is 14.3 Å². The number of aryl methyl sites for hydroxylation is 3. The van der Waals surface area contributed by atoms with Crippen LogP contribution in [0.4, 0.5) is 0 Å². The van der Waals surface area contributed by atoms with E-state index in [1.807, 2.05) is 33.8 Å². The SMILES string of the molecule is Cc1cc(C)c(CNC(=O)c2cn(C)nc2C(C)C)c(=O)[nH]1. The van der Waals surface area contributed by atoms with Gasteiger partial charge in [0.05, 0.1) is 11.3 Å². The van der Waals surface area contributed by atoms with E-state index in [0.717, 1.165) is 17.0 Å². The lowest BCUT2D eigenvalue weighted by Gasteiger charge is -2.09. The molecule has 0 spiro atoms. The molecule has 6 heteroatoms. The lowest BCUT2D eigenvalue weighted by atomic mass is 10.1. The van der Waals surface area contributed by atoms with Crippen molar-refractivity contribution in [2.75, 3.05) is 0 Å². The minimum Gasteiger partial charge on any atom is -0.348 e. The molecule has 0 aliphatic heterocycles. The lowest BCUT2D eigenvalue weighted by molar-refractivity contribution is 0.0949. The smallest absolute Gasteiger partial charge is 0.255 e. The van der Waals surface area contributed by atoms with E-state index in [9.17, 15) is 9.59 Å².